The highest BCUT2D eigenvalue weighted by atomic mass is 127. The standard InChI is InChI=1S/C6H12IN/c7-8-6-4-2-1-3-5-6/h6,8H,1-5H2. The summed E-state index contributed by atoms with van der Waals surface area (Å²) in [7, 11) is 0. The summed E-state index contributed by atoms with van der Waals surface area (Å²) in [5, 5.41) is 0. The van der Waals surface area contributed by atoms with Gasteiger partial charge in [0.1, 0.15) is 0 Å². The largest absolute Gasteiger partial charge is 0.258 e. The zero-order chi connectivity index (χ0) is 5.82. The Morgan fingerprint density at radius 1 is 1.12 bits per heavy atom. The van der Waals surface area contributed by atoms with Gasteiger partial charge in [-0.15, -0.1) is 0 Å². The van der Waals surface area contributed by atoms with E-state index in [0.29, 0.717) is 0 Å². The highest BCUT2D eigenvalue weighted by molar-refractivity contribution is 14.1. The quantitative estimate of drug-likeness (QED) is 0.533. The molecule has 1 N–H and O–H groups in total. The molecule has 0 saturated heterocycles. The summed E-state index contributed by atoms with van der Waals surface area (Å²) in [6.45, 7) is 0. The molecule has 0 aromatic heterocycles. The van der Waals surface area contributed by atoms with E-state index in [1.165, 1.54) is 32.1 Å². The average Bonchev–Trinajstić information content (AvgIpc) is 1.90. The molecule has 0 unspecified atom stereocenters. The molecule has 0 aromatic carbocycles. The number of rotatable bonds is 1. The molecule has 1 rings (SSSR count). The summed E-state index contributed by atoms with van der Waals surface area (Å²) in [5.74, 6) is 0. The number of hydrogen-bond acceptors (Lipinski definition) is 1. The van der Waals surface area contributed by atoms with Crippen LogP contribution in [0.4, 0.5) is 0 Å². The fourth-order valence-electron chi connectivity index (χ4n) is 1.21. The summed E-state index contributed by atoms with van der Waals surface area (Å²) in [5.41, 5.74) is 0. The van der Waals surface area contributed by atoms with E-state index >= 15 is 0 Å². The average molecular weight is 225 g/mol. The minimum Gasteiger partial charge on any atom is -0.258 e. The van der Waals surface area contributed by atoms with Gasteiger partial charge in [-0.05, 0) is 12.8 Å². The molecule has 8 heavy (non-hydrogen) atoms. The molecule has 0 radical (unpaired) electrons. The van der Waals surface area contributed by atoms with E-state index in [2.05, 4.69) is 26.4 Å². The summed E-state index contributed by atoms with van der Waals surface area (Å²) < 4.78 is 3.27. The van der Waals surface area contributed by atoms with Crippen molar-refractivity contribution in [3.8, 4) is 0 Å². The van der Waals surface area contributed by atoms with E-state index < -0.39 is 0 Å². The zero-order valence-corrected chi connectivity index (χ0v) is 7.15. The maximum Gasteiger partial charge on any atom is 0.0172 e. The molecule has 1 saturated carbocycles. The number of halogens is 1. The van der Waals surface area contributed by atoms with Gasteiger partial charge in [0.25, 0.3) is 0 Å². The van der Waals surface area contributed by atoms with Crippen LogP contribution < -0.4 is 3.53 Å². The van der Waals surface area contributed by atoms with E-state index in [-0.39, 0.29) is 0 Å². The van der Waals surface area contributed by atoms with Gasteiger partial charge in [0.05, 0.1) is 0 Å². The van der Waals surface area contributed by atoms with Crippen LogP contribution in [-0.2, 0) is 0 Å². The second-order valence-electron chi connectivity index (χ2n) is 2.44. The molecule has 0 atom stereocenters. The normalized spacial score (nSPS) is 23.6. The van der Waals surface area contributed by atoms with E-state index in [1.54, 1.807) is 0 Å². The smallest absolute Gasteiger partial charge is 0.0172 e. The molecular weight excluding hydrogens is 213 g/mol. The van der Waals surface area contributed by atoms with E-state index in [4.69, 9.17) is 0 Å². The Morgan fingerprint density at radius 3 is 2.12 bits per heavy atom. The van der Waals surface area contributed by atoms with Crippen molar-refractivity contribution in [2.75, 3.05) is 0 Å². The number of hydrogen-bond donors (Lipinski definition) is 1. The molecule has 0 heterocycles. The Hall–Kier alpha value is 0.690. The fraction of sp³-hybridized carbons (Fsp3) is 1.00. The van der Waals surface area contributed by atoms with Crippen LogP contribution in [0.3, 0.4) is 0 Å². The molecule has 1 aliphatic carbocycles. The highest BCUT2D eigenvalue weighted by Crippen LogP contribution is 2.17. The third kappa shape index (κ3) is 1.90. The summed E-state index contributed by atoms with van der Waals surface area (Å²) >= 11 is 2.26. The number of nitrogens with one attached hydrogen (secondary N) is 1. The molecule has 0 amide bonds. The van der Waals surface area contributed by atoms with Crippen molar-refractivity contribution in [3.63, 3.8) is 0 Å². The second-order valence-corrected chi connectivity index (χ2v) is 3.07. The van der Waals surface area contributed by atoms with Gasteiger partial charge in [0, 0.05) is 28.9 Å². The third-order valence-corrected chi connectivity index (χ3v) is 2.64. The van der Waals surface area contributed by atoms with Crippen LogP contribution in [0.1, 0.15) is 32.1 Å². The Kier molecular flexibility index (Phi) is 3.12. The van der Waals surface area contributed by atoms with Crippen LogP contribution in [-0.4, -0.2) is 6.04 Å². The Morgan fingerprint density at radius 2 is 1.75 bits per heavy atom. The first-order chi connectivity index (χ1) is 3.93. The van der Waals surface area contributed by atoms with E-state index in [1.807, 2.05) is 0 Å². The molecule has 0 spiro atoms. The first kappa shape index (κ1) is 6.81. The van der Waals surface area contributed by atoms with Crippen molar-refractivity contribution < 1.29 is 0 Å². The van der Waals surface area contributed by atoms with Crippen LogP contribution >= 0.6 is 22.9 Å². The van der Waals surface area contributed by atoms with Crippen LogP contribution in [0.15, 0.2) is 0 Å². The lowest BCUT2D eigenvalue weighted by molar-refractivity contribution is 0.430. The first-order valence-electron chi connectivity index (χ1n) is 3.29. The highest BCUT2D eigenvalue weighted by Gasteiger charge is 2.09. The Balaban J connectivity index is 2.13. The van der Waals surface area contributed by atoms with Crippen LogP contribution in [0, 0.1) is 0 Å². The Labute approximate surface area is 64.7 Å². The topological polar surface area (TPSA) is 12.0 Å². The van der Waals surface area contributed by atoms with Gasteiger partial charge in [0.15, 0.2) is 0 Å². The fourth-order valence-corrected chi connectivity index (χ4v) is 1.83. The van der Waals surface area contributed by atoms with Gasteiger partial charge in [-0.3, -0.25) is 3.53 Å². The Bertz CT molecular complexity index is 59.5. The van der Waals surface area contributed by atoms with Gasteiger partial charge in [-0.1, -0.05) is 19.3 Å². The van der Waals surface area contributed by atoms with Gasteiger partial charge in [0.2, 0.25) is 0 Å². The van der Waals surface area contributed by atoms with E-state index in [9.17, 15) is 0 Å². The molecule has 1 fully saturated rings. The monoisotopic (exact) mass is 225 g/mol. The van der Waals surface area contributed by atoms with Crippen molar-refractivity contribution in [1.82, 2.24) is 3.53 Å². The summed E-state index contributed by atoms with van der Waals surface area (Å²) in [6.07, 6.45) is 7.10. The maximum absolute atomic E-state index is 3.27. The van der Waals surface area contributed by atoms with Crippen molar-refractivity contribution in [2.45, 2.75) is 38.1 Å². The van der Waals surface area contributed by atoms with Crippen LogP contribution in [0.25, 0.3) is 0 Å². The zero-order valence-electron chi connectivity index (χ0n) is 4.99. The van der Waals surface area contributed by atoms with Crippen LogP contribution in [0.2, 0.25) is 0 Å². The summed E-state index contributed by atoms with van der Waals surface area (Å²) in [4.78, 5) is 0. The summed E-state index contributed by atoms with van der Waals surface area (Å²) in [6, 6.07) is 0.823. The van der Waals surface area contributed by atoms with Gasteiger partial charge in [-0.2, -0.15) is 0 Å². The minimum atomic E-state index is 0.823. The second kappa shape index (κ2) is 3.67. The maximum atomic E-state index is 3.27. The lowest BCUT2D eigenvalue weighted by atomic mass is 9.97. The van der Waals surface area contributed by atoms with Gasteiger partial charge >= 0.3 is 0 Å². The molecule has 0 aliphatic heterocycles. The van der Waals surface area contributed by atoms with E-state index in [0.717, 1.165) is 6.04 Å². The van der Waals surface area contributed by atoms with Gasteiger partial charge in [-0.25, -0.2) is 0 Å². The van der Waals surface area contributed by atoms with Crippen molar-refractivity contribution in [1.29, 1.82) is 0 Å². The van der Waals surface area contributed by atoms with Crippen molar-refractivity contribution in [3.05, 3.63) is 0 Å². The van der Waals surface area contributed by atoms with Crippen molar-refractivity contribution >= 4 is 22.9 Å². The molecule has 1 aliphatic rings. The van der Waals surface area contributed by atoms with Crippen molar-refractivity contribution in [2.24, 2.45) is 0 Å². The predicted molar refractivity (Wildman–Crippen MR) is 44.0 cm³/mol. The SMILES string of the molecule is INC1CCCCC1. The molecule has 1 nitrogen and oxygen atoms in total. The molecule has 48 valence electrons. The van der Waals surface area contributed by atoms with Gasteiger partial charge < -0.3 is 0 Å². The van der Waals surface area contributed by atoms with Crippen LogP contribution in [0.5, 0.6) is 0 Å². The molecule has 0 aromatic rings. The predicted octanol–water partition coefficient (Wildman–Crippen LogP) is 2.26. The molecule has 0 bridgehead atoms. The third-order valence-electron chi connectivity index (χ3n) is 1.76. The first-order valence-corrected chi connectivity index (χ1v) is 4.37. The lowest BCUT2D eigenvalue weighted by Crippen LogP contribution is -2.22. The minimum absolute atomic E-state index is 0.823. The molecule has 2 heteroatoms. The molecular formula is C6H12IN. The lowest BCUT2D eigenvalue weighted by Gasteiger charge is -2.18.